The molecule has 2 aromatic rings. The Hall–Kier alpha value is -2.89. The van der Waals surface area contributed by atoms with Crippen LogP contribution in [0.3, 0.4) is 0 Å². The van der Waals surface area contributed by atoms with E-state index in [2.05, 4.69) is 10.2 Å². The molecular weight excluding hydrogens is 342 g/mol. The van der Waals surface area contributed by atoms with E-state index in [-0.39, 0.29) is 12.1 Å². The Kier molecular flexibility index (Phi) is 6.06. The summed E-state index contributed by atoms with van der Waals surface area (Å²) in [6.45, 7) is 6.87. The van der Waals surface area contributed by atoms with Crippen LogP contribution in [0.2, 0.25) is 0 Å². The lowest BCUT2D eigenvalue weighted by molar-refractivity contribution is 0.207. The summed E-state index contributed by atoms with van der Waals surface area (Å²) in [5, 5.41) is 2.98. The lowest BCUT2D eigenvalue weighted by Crippen LogP contribution is -2.50. The zero-order chi connectivity index (χ0) is 19.2. The Labute approximate surface area is 160 Å². The van der Waals surface area contributed by atoms with E-state index in [0.29, 0.717) is 24.5 Å². The highest BCUT2D eigenvalue weighted by atomic mass is 16.5. The number of hydrogen-bond donors (Lipinski definition) is 1. The van der Waals surface area contributed by atoms with Crippen molar-refractivity contribution in [3.8, 4) is 11.5 Å². The highest BCUT2D eigenvalue weighted by Gasteiger charge is 2.22. The molecule has 1 heterocycles. The molecular formula is C21H27N3O3. The minimum Gasteiger partial charge on any atom is -0.497 e. The number of carbonyl (C=O) groups excluding carboxylic acids is 1. The number of anilines is 2. The Bertz CT molecular complexity index is 754. The van der Waals surface area contributed by atoms with E-state index in [1.54, 1.807) is 7.11 Å². The molecule has 0 aliphatic carbocycles. The Balaban J connectivity index is 1.57. The van der Waals surface area contributed by atoms with Crippen molar-refractivity contribution in [3.05, 3.63) is 48.5 Å². The molecule has 0 radical (unpaired) electrons. The molecule has 1 aliphatic heterocycles. The predicted molar refractivity (Wildman–Crippen MR) is 108 cm³/mol. The normalized spacial score (nSPS) is 14.2. The standard InChI is InChI=1S/C21H27N3O3/c1-16(2)27-20-7-5-4-6-19(20)22-21(25)24-14-12-23(13-15-24)17-8-10-18(26-3)11-9-17/h4-11,16H,12-15H2,1-3H3,(H,22,25). The van der Waals surface area contributed by atoms with Crippen molar-refractivity contribution in [2.24, 2.45) is 0 Å². The zero-order valence-electron chi connectivity index (χ0n) is 16.1. The number of methoxy groups -OCH3 is 1. The number of para-hydroxylation sites is 2. The number of ether oxygens (including phenoxy) is 2. The molecule has 1 N–H and O–H groups in total. The van der Waals surface area contributed by atoms with Crippen LogP contribution < -0.4 is 19.7 Å². The van der Waals surface area contributed by atoms with Gasteiger partial charge < -0.3 is 24.6 Å². The molecule has 6 heteroatoms. The number of rotatable bonds is 5. The summed E-state index contributed by atoms with van der Waals surface area (Å²) in [6, 6.07) is 15.5. The second-order valence-corrected chi connectivity index (χ2v) is 6.77. The van der Waals surface area contributed by atoms with E-state index in [0.717, 1.165) is 24.5 Å². The Morgan fingerprint density at radius 1 is 1.00 bits per heavy atom. The monoisotopic (exact) mass is 369 g/mol. The average Bonchev–Trinajstić information content (AvgIpc) is 2.69. The minimum atomic E-state index is -0.0933. The predicted octanol–water partition coefficient (Wildman–Crippen LogP) is 3.84. The summed E-state index contributed by atoms with van der Waals surface area (Å²) in [6.07, 6.45) is 0.0519. The Morgan fingerprint density at radius 3 is 2.30 bits per heavy atom. The molecule has 1 aliphatic rings. The van der Waals surface area contributed by atoms with Gasteiger partial charge >= 0.3 is 6.03 Å². The van der Waals surface area contributed by atoms with Crippen LogP contribution in [0, 0.1) is 0 Å². The van der Waals surface area contributed by atoms with Crippen molar-refractivity contribution in [1.82, 2.24) is 4.90 Å². The number of amides is 2. The number of urea groups is 1. The molecule has 27 heavy (non-hydrogen) atoms. The molecule has 2 amide bonds. The van der Waals surface area contributed by atoms with Crippen LogP contribution in [0.15, 0.2) is 48.5 Å². The summed E-state index contributed by atoms with van der Waals surface area (Å²) < 4.78 is 11.0. The average molecular weight is 369 g/mol. The minimum absolute atomic E-state index is 0.0519. The smallest absolute Gasteiger partial charge is 0.322 e. The van der Waals surface area contributed by atoms with Crippen LogP contribution in [-0.2, 0) is 0 Å². The SMILES string of the molecule is COc1ccc(N2CCN(C(=O)Nc3ccccc3OC(C)C)CC2)cc1. The first-order chi connectivity index (χ1) is 13.1. The fraction of sp³-hybridized carbons (Fsp3) is 0.381. The summed E-state index contributed by atoms with van der Waals surface area (Å²) >= 11 is 0. The van der Waals surface area contributed by atoms with Crippen molar-refractivity contribution in [3.63, 3.8) is 0 Å². The fourth-order valence-electron chi connectivity index (χ4n) is 3.08. The molecule has 1 fully saturated rings. The number of piperazine rings is 1. The topological polar surface area (TPSA) is 54.0 Å². The number of carbonyl (C=O) groups is 1. The first kappa shape index (κ1) is 18.9. The molecule has 0 spiro atoms. The van der Waals surface area contributed by atoms with Crippen LogP contribution >= 0.6 is 0 Å². The lowest BCUT2D eigenvalue weighted by Gasteiger charge is -2.36. The maximum atomic E-state index is 12.7. The molecule has 0 unspecified atom stereocenters. The van der Waals surface area contributed by atoms with Gasteiger partial charge in [0.25, 0.3) is 0 Å². The van der Waals surface area contributed by atoms with E-state index >= 15 is 0 Å². The van der Waals surface area contributed by atoms with Crippen molar-refractivity contribution in [2.75, 3.05) is 43.5 Å². The Morgan fingerprint density at radius 2 is 1.67 bits per heavy atom. The third-order valence-electron chi connectivity index (χ3n) is 4.50. The van der Waals surface area contributed by atoms with Crippen molar-refractivity contribution < 1.29 is 14.3 Å². The fourth-order valence-corrected chi connectivity index (χ4v) is 3.08. The van der Waals surface area contributed by atoms with Crippen LogP contribution in [0.25, 0.3) is 0 Å². The third kappa shape index (κ3) is 4.84. The highest BCUT2D eigenvalue weighted by molar-refractivity contribution is 5.91. The maximum absolute atomic E-state index is 12.7. The second-order valence-electron chi connectivity index (χ2n) is 6.77. The van der Waals surface area contributed by atoms with Gasteiger partial charge in [-0.3, -0.25) is 0 Å². The van der Waals surface area contributed by atoms with Crippen molar-refractivity contribution in [2.45, 2.75) is 20.0 Å². The zero-order valence-corrected chi connectivity index (χ0v) is 16.1. The van der Waals surface area contributed by atoms with Crippen LogP contribution in [-0.4, -0.2) is 50.3 Å². The van der Waals surface area contributed by atoms with Gasteiger partial charge in [-0.25, -0.2) is 4.79 Å². The molecule has 6 nitrogen and oxygen atoms in total. The van der Waals surface area contributed by atoms with Crippen molar-refractivity contribution >= 4 is 17.4 Å². The summed E-state index contributed by atoms with van der Waals surface area (Å²) in [5.74, 6) is 1.54. The number of nitrogens with one attached hydrogen (secondary N) is 1. The molecule has 0 saturated carbocycles. The molecule has 0 atom stereocenters. The number of hydrogen-bond acceptors (Lipinski definition) is 4. The van der Waals surface area contributed by atoms with Crippen LogP contribution in [0.4, 0.5) is 16.2 Å². The molecule has 1 saturated heterocycles. The van der Waals surface area contributed by atoms with Gasteiger partial charge in [0.15, 0.2) is 0 Å². The van der Waals surface area contributed by atoms with Gasteiger partial charge in [0.1, 0.15) is 11.5 Å². The lowest BCUT2D eigenvalue weighted by atomic mass is 10.2. The van der Waals surface area contributed by atoms with Gasteiger partial charge in [-0.05, 0) is 50.2 Å². The summed E-state index contributed by atoms with van der Waals surface area (Å²) in [7, 11) is 1.66. The number of nitrogens with zero attached hydrogens (tertiary/aromatic N) is 2. The van der Waals surface area contributed by atoms with Gasteiger partial charge in [-0.2, -0.15) is 0 Å². The van der Waals surface area contributed by atoms with Crippen LogP contribution in [0.5, 0.6) is 11.5 Å². The van der Waals surface area contributed by atoms with Crippen LogP contribution in [0.1, 0.15) is 13.8 Å². The largest absolute Gasteiger partial charge is 0.497 e. The maximum Gasteiger partial charge on any atom is 0.322 e. The van der Waals surface area contributed by atoms with Gasteiger partial charge in [0.05, 0.1) is 18.9 Å². The first-order valence-corrected chi connectivity index (χ1v) is 9.27. The molecule has 2 aromatic carbocycles. The van der Waals surface area contributed by atoms with Gasteiger partial charge in [-0.1, -0.05) is 12.1 Å². The van der Waals surface area contributed by atoms with Gasteiger partial charge in [0, 0.05) is 31.9 Å². The van der Waals surface area contributed by atoms with E-state index in [9.17, 15) is 4.79 Å². The first-order valence-electron chi connectivity index (χ1n) is 9.27. The second kappa shape index (κ2) is 8.66. The molecule has 0 bridgehead atoms. The van der Waals surface area contributed by atoms with Crippen molar-refractivity contribution in [1.29, 1.82) is 0 Å². The third-order valence-corrected chi connectivity index (χ3v) is 4.50. The summed E-state index contributed by atoms with van der Waals surface area (Å²) in [4.78, 5) is 16.8. The van der Waals surface area contributed by atoms with E-state index < -0.39 is 0 Å². The van der Waals surface area contributed by atoms with E-state index in [1.165, 1.54) is 0 Å². The number of benzene rings is 2. The van der Waals surface area contributed by atoms with E-state index in [1.807, 2.05) is 67.3 Å². The summed E-state index contributed by atoms with van der Waals surface area (Å²) in [5.41, 5.74) is 1.85. The quantitative estimate of drug-likeness (QED) is 0.870. The van der Waals surface area contributed by atoms with Gasteiger partial charge in [0.2, 0.25) is 0 Å². The highest BCUT2D eigenvalue weighted by Crippen LogP contribution is 2.26. The molecule has 0 aromatic heterocycles. The molecule has 144 valence electrons. The van der Waals surface area contributed by atoms with Gasteiger partial charge in [-0.15, -0.1) is 0 Å². The van der Waals surface area contributed by atoms with E-state index in [4.69, 9.17) is 9.47 Å². The molecule has 3 rings (SSSR count).